The molecule has 0 unspecified atom stereocenters. The first kappa shape index (κ1) is 69.8. The third-order valence-corrected chi connectivity index (χ3v) is 15.0. The minimum absolute atomic E-state index is 0. The van der Waals surface area contributed by atoms with E-state index in [9.17, 15) is 80.7 Å². The molecule has 4 aromatic carbocycles. The Balaban J connectivity index is 0.00000494. The van der Waals surface area contributed by atoms with Gasteiger partial charge in [-0.15, -0.1) is 0 Å². The van der Waals surface area contributed by atoms with Crippen LogP contribution >= 0.6 is 0 Å². The zero-order valence-corrected chi connectivity index (χ0v) is 53.6. The average molecular weight is 1200 g/mol. The van der Waals surface area contributed by atoms with Crippen LogP contribution in [0.3, 0.4) is 0 Å². The minimum atomic E-state index is -5.37. The van der Waals surface area contributed by atoms with Gasteiger partial charge in [0.05, 0.1) is 31.0 Å². The van der Waals surface area contributed by atoms with Crippen LogP contribution in [0.5, 0.6) is 0 Å². The van der Waals surface area contributed by atoms with Crippen LogP contribution in [0.15, 0.2) is 124 Å². The second kappa shape index (κ2) is 28.9. The van der Waals surface area contributed by atoms with E-state index >= 15 is 0 Å². The van der Waals surface area contributed by atoms with E-state index in [0.29, 0.717) is 0 Å². The normalized spacial score (nSPS) is 13.4. The predicted octanol–water partition coefficient (Wildman–Crippen LogP) is -14.2. The third-order valence-electron chi connectivity index (χ3n) is 9.48. The van der Waals surface area contributed by atoms with E-state index in [2.05, 4.69) is 49.9 Å². The topological polar surface area (TPSA) is 489 Å². The molecule has 10 N–H and O–H groups in total. The molecule has 0 amide bonds. The Hall–Kier alpha value is -2.33. The molecule has 0 aliphatic carbocycles. The number of H-pyrrole nitrogens is 4. The van der Waals surface area contributed by atoms with Crippen molar-refractivity contribution in [2.45, 2.75) is 44.5 Å². The van der Waals surface area contributed by atoms with Gasteiger partial charge in [0.15, 0.2) is 0 Å². The molecular formula is C38H38N10Na4O18S4Si2. The van der Waals surface area contributed by atoms with Gasteiger partial charge in [0.25, 0.3) is 0 Å². The van der Waals surface area contributed by atoms with Gasteiger partial charge in [0.1, 0.15) is 52.1 Å². The molecule has 384 valence electrons. The van der Waals surface area contributed by atoms with E-state index in [0.717, 1.165) is 60.7 Å². The Morgan fingerprint density at radius 2 is 0.842 bits per heavy atom. The smallest absolute Gasteiger partial charge is 0.744 e. The maximum Gasteiger partial charge on any atom is 1.00 e. The zero-order valence-electron chi connectivity index (χ0n) is 40.4. The molecule has 0 fully saturated rings. The van der Waals surface area contributed by atoms with Gasteiger partial charge in [0.2, 0.25) is 22.5 Å². The van der Waals surface area contributed by atoms with Crippen molar-refractivity contribution < 1.29 is 199 Å². The van der Waals surface area contributed by atoms with Crippen LogP contribution in [0.4, 0.5) is 11.4 Å². The van der Waals surface area contributed by atoms with Gasteiger partial charge in [-0.3, -0.25) is 20.0 Å². The quantitative estimate of drug-likeness (QED) is 0.0165. The molecule has 0 aliphatic rings. The summed E-state index contributed by atoms with van der Waals surface area (Å²) >= 11 is 0. The van der Waals surface area contributed by atoms with E-state index < -0.39 is 89.8 Å². The molecule has 0 bridgehead atoms. The van der Waals surface area contributed by atoms with Crippen molar-refractivity contribution in [2.75, 3.05) is 13.1 Å². The molecule has 2 heterocycles. The number of benzene rings is 4. The van der Waals surface area contributed by atoms with Gasteiger partial charge in [0, 0.05) is 36.3 Å². The first-order chi connectivity index (χ1) is 33.4. The van der Waals surface area contributed by atoms with Crippen LogP contribution in [0.2, 0.25) is 12.1 Å². The summed E-state index contributed by atoms with van der Waals surface area (Å²) < 4.78 is 146. The number of rotatable bonds is 18. The number of hydrogen-bond acceptors (Lipinski definition) is 24. The molecule has 0 saturated heterocycles. The van der Waals surface area contributed by atoms with Gasteiger partial charge in [-0.05, 0) is 72.5 Å². The van der Waals surface area contributed by atoms with Crippen LogP contribution in [-0.2, 0) is 40.5 Å². The van der Waals surface area contributed by atoms with Crippen molar-refractivity contribution >= 4 is 81.6 Å². The summed E-state index contributed by atoms with van der Waals surface area (Å²) in [6.07, 6.45) is 1.97. The Morgan fingerprint density at radius 3 is 1.16 bits per heavy atom. The Labute approximate surface area is 522 Å². The molecular weight excluding hydrogens is 1160 g/mol. The largest absolute Gasteiger partial charge is 1.00 e. The predicted molar refractivity (Wildman–Crippen MR) is 245 cm³/mol. The molecule has 76 heavy (non-hydrogen) atoms. The van der Waals surface area contributed by atoms with E-state index in [1.165, 1.54) is 36.4 Å². The summed E-state index contributed by atoms with van der Waals surface area (Å²) in [6, 6.07) is 14.9. The molecule has 0 atom stereocenters. The summed E-state index contributed by atoms with van der Waals surface area (Å²) in [7, 11) is -29.4. The number of aromatic amines is 4. The number of nitrogens with one attached hydrogen (secondary N) is 4. The van der Waals surface area contributed by atoms with Crippen molar-refractivity contribution in [3.63, 3.8) is 0 Å². The minimum Gasteiger partial charge on any atom is -0.744 e. The number of nitrogens with zero attached hydrogens (tertiary/aromatic N) is 6. The second-order valence-electron chi connectivity index (χ2n) is 15.2. The van der Waals surface area contributed by atoms with E-state index in [4.69, 9.17) is 0 Å². The first-order valence-corrected chi connectivity index (χ1v) is 30.0. The van der Waals surface area contributed by atoms with Crippen molar-refractivity contribution in [1.82, 2.24) is 29.9 Å². The van der Waals surface area contributed by atoms with Crippen LogP contribution in [-0.4, -0.2) is 141 Å². The zero-order chi connectivity index (χ0) is 52.9. The van der Waals surface area contributed by atoms with Gasteiger partial charge in [-0.2, -0.15) is 9.97 Å². The molecule has 0 saturated carbocycles. The third kappa shape index (κ3) is 21.6. The van der Waals surface area contributed by atoms with E-state index in [1.54, 1.807) is 0 Å². The summed E-state index contributed by atoms with van der Waals surface area (Å²) in [5, 5.41) is 0. The van der Waals surface area contributed by atoms with Crippen molar-refractivity contribution in [2.24, 2.45) is 20.0 Å². The Morgan fingerprint density at radius 1 is 0.487 bits per heavy atom. The number of hydrogen-bond donors (Lipinski definition) is 10. The fourth-order valence-electron chi connectivity index (χ4n) is 6.29. The fraction of sp³-hybridized carbons (Fsp3) is 0.158. The molecule has 28 nitrogen and oxygen atoms in total. The van der Waals surface area contributed by atoms with Crippen LogP contribution in [0.25, 0.3) is 34.9 Å². The van der Waals surface area contributed by atoms with Crippen molar-refractivity contribution in [3.05, 3.63) is 119 Å². The summed E-state index contributed by atoms with van der Waals surface area (Å²) in [4.78, 5) is 89.5. The van der Waals surface area contributed by atoms with Crippen molar-refractivity contribution in [3.8, 4) is 22.8 Å². The van der Waals surface area contributed by atoms with Gasteiger partial charge < -0.3 is 57.0 Å². The summed E-state index contributed by atoms with van der Waals surface area (Å²) in [6.45, 7) is -0.293. The van der Waals surface area contributed by atoms with Gasteiger partial charge in [-0.1, -0.05) is 48.6 Å². The standard InChI is InChI=1S/C38H42N10O18S4Si2.4Na/c49-67(50,51)29-7-1-5-27(21-29)41-37-45-33(43-35(47-37)39-15-3-17-71(61,62)63)25-13-11-23(31(19-25)69(55,56)57)9-10-24-12-14-26(20-32(24)70(58,59)60)34-44-36(40-16-4-18-72(64,65)66)48-38(46-34)42-28-6-2-8-30(22-28)68(52,53)54;;;;/h1-2,5-14,19-22,61-66H,3-4,15-18H2,(H,49,50,51)(H,52,53,54)(H,55,56,57)(H,58,59,60)(H2,39,41,43,45,47)(H2,40,42,44,46,48);;;;/q;4*+1/p-4/b10-9+;;;;. The van der Waals surface area contributed by atoms with Crippen LogP contribution in [0.1, 0.15) is 24.0 Å². The average Bonchev–Trinajstić information content (AvgIpc) is 3.27. The Kier molecular flexibility index (Phi) is 26.5. The van der Waals surface area contributed by atoms with Crippen LogP contribution in [0, 0.1) is 0 Å². The summed E-state index contributed by atoms with van der Waals surface area (Å²) in [5.41, 5.74) is -1.79. The van der Waals surface area contributed by atoms with E-state index in [-0.39, 0.29) is 212 Å². The molecule has 38 heteroatoms. The van der Waals surface area contributed by atoms with Gasteiger partial charge >= 0.3 is 136 Å². The Bertz CT molecular complexity index is 3600. The maximum atomic E-state index is 12.7. The number of aromatic nitrogens is 6. The van der Waals surface area contributed by atoms with Crippen LogP contribution < -0.4 is 141 Å². The summed E-state index contributed by atoms with van der Waals surface area (Å²) in [5.74, 6) is -0.400. The SMILES string of the molecule is O=S(=O)([O-])c1cccc(N=c2[nH]c(-c3ccc(/C=C/c4ccc(-c5nc(=NCCC[Si](O)(O)O)[nH]c(=Nc6cccc(S(=O)(=O)[O-])c6)[nH]5)cc4S(=O)(=O)[O-])c(S(=O)(=O)[O-])c3)nc(=NCCC[Si](O)(O)O)[nH]2)c1.[Na+].[Na+].[Na+].[Na+]. The molecule has 0 spiro atoms. The monoisotopic (exact) mass is 1200 g/mol. The molecule has 6 rings (SSSR count). The fourth-order valence-corrected chi connectivity index (χ4v) is 9.96. The van der Waals surface area contributed by atoms with E-state index in [1.807, 2.05) is 0 Å². The van der Waals surface area contributed by atoms with Gasteiger partial charge in [-0.25, -0.2) is 43.7 Å². The molecule has 6 aromatic rings. The molecule has 0 aliphatic heterocycles. The second-order valence-corrected chi connectivity index (χ2v) is 24.7. The molecule has 0 radical (unpaired) electrons. The van der Waals surface area contributed by atoms with Crippen molar-refractivity contribution in [1.29, 1.82) is 0 Å². The molecule has 2 aromatic heterocycles. The maximum absolute atomic E-state index is 12.7. The first-order valence-electron chi connectivity index (χ1n) is 20.3.